The zero-order valence-corrected chi connectivity index (χ0v) is 24.9. The number of amides is 2. The van der Waals surface area contributed by atoms with Crippen LogP contribution in [0.25, 0.3) is 0 Å². The van der Waals surface area contributed by atoms with Crippen LogP contribution >= 0.6 is 0 Å². The number of methoxy groups -OCH3 is 1. The minimum Gasteiger partial charge on any atom is -0.497 e. The molecular weight excluding hydrogens is 526 g/mol. The van der Waals surface area contributed by atoms with Gasteiger partial charge in [-0.1, -0.05) is 55.8 Å². The molecule has 8 nitrogen and oxygen atoms in total. The summed E-state index contributed by atoms with van der Waals surface area (Å²) in [6, 6.07) is 19.8. The van der Waals surface area contributed by atoms with Crippen LogP contribution in [0.4, 0.5) is 5.69 Å². The largest absolute Gasteiger partial charge is 0.497 e. The third kappa shape index (κ3) is 7.63. The summed E-state index contributed by atoms with van der Waals surface area (Å²) < 4.78 is 34.1. The van der Waals surface area contributed by atoms with Crippen molar-refractivity contribution >= 4 is 27.5 Å². The van der Waals surface area contributed by atoms with Crippen molar-refractivity contribution in [1.82, 2.24) is 10.2 Å². The normalized spacial score (nSPS) is 12.1. The number of hydrogen-bond donors (Lipinski definition) is 1. The molecule has 1 N–H and O–H groups in total. The Morgan fingerprint density at radius 1 is 0.900 bits per heavy atom. The first kappa shape index (κ1) is 30.7. The van der Waals surface area contributed by atoms with Crippen molar-refractivity contribution in [3.63, 3.8) is 0 Å². The van der Waals surface area contributed by atoms with Crippen LogP contribution in [0.3, 0.4) is 0 Å². The lowest BCUT2D eigenvalue weighted by molar-refractivity contribution is -0.139. The fraction of sp³-hybridized carbons (Fsp3) is 0.355. The Morgan fingerprint density at radius 3 is 2.10 bits per heavy atom. The van der Waals surface area contributed by atoms with E-state index in [1.165, 1.54) is 24.1 Å². The Hall–Kier alpha value is -3.85. The fourth-order valence-corrected chi connectivity index (χ4v) is 5.53. The highest BCUT2D eigenvalue weighted by Gasteiger charge is 2.32. The number of nitrogens with zero attached hydrogens (tertiary/aromatic N) is 2. The van der Waals surface area contributed by atoms with Crippen LogP contribution in [0, 0.1) is 19.8 Å². The molecule has 0 radical (unpaired) electrons. The second-order valence-electron chi connectivity index (χ2n) is 10.3. The minimum absolute atomic E-state index is 0.0647. The van der Waals surface area contributed by atoms with Crippen LogP contribution in [0.15, 0.2) is 77.7 Å². The van der Waals surface area contributed by atoms with Gasteiger partial charge < -0.3 is 15.0 Å². The summed E-state index contributed by atoms with van der Waals surface area (Å²) in [5.41, 5.74) is 3.06. The second kappa shape index (κ2) is 13.5. The van der Waals surface area contributed by atoms with E-state index in [2.05, 4.69) is 5.32 Å². The van der Waals surface area contributed by atoms with Crippen molar-refractivity contribution in [2.24, 2.45) is 5.92 Å². The SMILES string of the molecule is COc1ccc(N(CC(=O)N(Cc2ccccc2C)[C@H](C)C(=O)NCC(C)C)S(=O)(=O)c2ccc(C)cc2)cc1. The maximum Gasteiger partial charge on any atom is 0.264 e. The van der Waals surface area contributed by atoms with Gasteiger partial charge in [0.1, 0.15) is 18.3 Å². The van der Waals surface area contributed by atoms with E-state index < -0.39 is 28.5 Å². The summed E-state index contributed by atoms with van der Waals surface area (Å²) in [6.07, 6.45) is 0. The first-order valence-corrected chi connectivity index (χ1v) is 14.7. The van der Waals surface area contributed by atoms with Gasteiger partial charge in [-0.25, -0.2) is 8.42 Å². The molecule has 0 aromatic heterocycles. The van der Waals surface area contributed by atoms with Crippen LogP contribution in [0.1, 0.15) is 37.5 Å². The van der Waals surface area contributed by atoms with Crippen LogP contribution in [-0.4, -0.2) is 51.4 Å². The smallest absolute Gasteiger partial charge is 0.264 e. The Balaban J connectivity index is 2.02. The van der Waals surface area contributed by atoms with Crippen LogP contribution in [0.5, 0.6) is 5.75 Å². The van der Waals surface area contributed by atoms with Gasteiger partial charge in [0.05, 0.1) is 17.7 Å². The molecule has 214 valence electrons. The van der Waals surface area contributed by atoms with E-state index >= 15 is 0 Å². The summed E-state index contributed by atoms with van der Waals surface area (Å²) in [4.78, 5) is 28.6. The predicted octanol–water partition coefficient (Wildman–Crippen LogP) is 4.70. The molecule has 0 fully saturated rings. The molecule has 0 saturated carbocycles. The van der Waals surface area contributed by atoms with Gasteiger partial charge in [0.25, 0.3) is 10.0 Å². The van der Waals surface area contributed by atoms with Gasteiger partial charge in [-0.2, -0.15) is 0 Å². The van der Waals surface area contributed by atoms with E-state index in [9.17, 15) is 18.0 Å². The van der Waals surface area contributed by atoms with Gasteiger partial charge in [0.2, 0.25) is 11.8 Å². The maximum atomic E-state index is 14.0. The molecule has 0 spiro atoms. The average molecular weight is 566 g/mol. The number of carbonyl (C=O) groups excluding carboxylic acids is 2. The number of anilines is 1. The van der Waals surface area contributed by atoms with E-state index in [0.29, 0.717) is 18.0 Å². The molecule has 2 amide bonds. The quantitative estimate of drug-likeness (QED) is 0.344. The average Bonchev–Trinajstić information content (AvgIpc) is 2.94. The lowest BCUT2D eigenvalue weighted by Gasteiger charge is -2.32. The lowest BCUT2D eigenvalue weighted by Crippen LogP contribution is -2.51. The lowest BCUT2D eigenvalue weighted by atomic mass is 10.1. The molecular formula is C31H39N3O5S. The van der Waals surface area contributed by atoms with Crippen molar-refractivity contribution in [2.45, 2.75) is 52.1 Å². The molecule has 40 heavy (non-hydrogen) atoms. The van der Waals surface area contributed by atoms with E-state index in [-0.39, 0.29) is 23.3 Å². The number of carbonyl (C=O) groups is 2. The molecule has 3 aromatic rings. The molecule has 0 bridgehead atoms. The van der Waals surface area contributed by atoms with Crippen molar-refractivity contribution < 1.29 is 22.7 Å². The van der Waals surface area contributed by atoms with Gasteiger partial charge in [0.15, 0.2) is 0 Å². The number of nitrogens with one attached hydrogen (secondary N) is 1. The summed E-state index contributed by atoms with van der Waals surface area (Å²) in [5, 5.41) is 2.90. The molecule has 9 heteroatoms. The van der Waals surface area contributed by atoms with Crippen molar-refractivity contribution in [1.29, 1.82) is 0 Å². The van der Waals surface area contributed by atoms with Crippen LogP contribution in [0.2, 0.25) is 0 Å². The van der Waals surface area contributed by atoms with Crippen molar-refractivity contribution in [2.75, 3.05) is 24.5 Å². The van der Waals surface area contributed by atoms with Gasteiger partial charge in [-0.3, -0.25) is 13.9 Å². The van der Waals surface area contributed by atoms with E-state index in [1.807, 2.05) is 52.0 Å². The molecule has 0 aliphatic carbocycles. The first-order chi connectivity index (χ1) is 18.9. The predicted molar refractivity (Wildman–Crippen MR) is 158 cm³/mol. The monoisotopic (exact) mass is 565 g/mol. The number of hydrogen-bond acceptors (Lipinski definition) is 5. The van der Waals surface area contributed by atoms with Gasteiger partial charge in [0, 0.05) is 13.1 Å². The third-order valence-corrected chi connectivity index (χ3v) is 8.49. The number of benzene rings is 3. The Morgan fingerprint density at radius 2 is 1.52 bits per heavy atom. The fourth-order valence-electron chi connectivity index (χ4n) is 4.12. The molecule has 3 aromatic carbocycles. The number of sulfonamides is 1. The highest BCUT2D eigenvalue weighted by Crippen LogP contribution is 2.27. The van der Waals surface area contributed by atoms with Gasteiger partial charge >= 0.3 is 0 Å². The number of aryl methyl sites for hydroxylation is 2. The van der Waals surface area contributed by atoms with Gasteiger partial charge in [-0.05, 0) is 74.2 Å². The summed E-state index contributed by atoms with van der Waals surface area (Å²) in [7, 11) is -2.60. The molecule has 0 aliphatic heterocycles. The van der Waals surface area contributed by atoms with Crippen molar-refractivity contribution in [3.8, 4) is 5.75 Å². The number of ether oxygens (including phenoxy) is 1. The molecule has 3 rings (SSSR count). The van der Waals surface area contributed by atoms with Gasteiger partial charge in [-0.15, -0.1) is 0 Å². The first-order valence-electron chi connectivity index (χ1n) is 13.3. The standard InChI is InChI=1S/C31H39N3O5S/c1-22(2)19-32-31(36)25(5)33(20-26-10-8-7-9-24(26)4)30(35)21-34(27-13-15-28(39-6)16-14-27)40(37,38)29-17-11-23(3)12-18-29/h7-18,22,25H,19-21H2,1-6H3,(H,32,36)/t25-/m1/s1. The van der Waals surface area contributed by atoms with Crippen molar-refractivity contribution in [3.05, 3.63) is 89.5 Å². The molecule has 0 unspecified atom stereocenters. The summed E-state index contributed by atoms with van der Waals surface area (Å²) in [5.74, 6) is -0.00347. The maximum absolute atomic E-state index is 14.0. The molecule has 0 saturated heterocycles. The number of rotatable bonds is 12. The highest BCUT2D eigenvalue weighted by atomic mass is 32.2. The van der Waals surface area contributed by atoms with E-state index in [0.717, 1.165) is 21.0 Å². The Labute approximate surface area is 238 Å². The Bertz CT molecular complexity index is 1400. The zero-order valence-electron chi connectivity index (χ0n) is 24.0. The molecule has 1 atom stereocenters. The zero-order chi connectivity index (χ0) is 29.4. The highest BCUT2D eigenvalue weighted by molar-refractivity contribution is 7.92. The van der Waals surface area contributed by atoms with Crippen LogP contribution in [-0.2, 0) is 26.2 Å². The molecule has 0 heterocycles. The van der Waals surface area contributed by atoms with Crippen LogP contribution < -0.4 is 14.4 Å². The van der Waals surface area contributed by atoms with E-state index in [1.54, 1.807) is 43.3 Å². The third-order valence-electron chi connectivity index (χ3n) is 6.70. The minimum atomic E-state index is -4.12. The molecule has 0 aliphatic rings. The second-order valence-corrected chi connectivity index (χ2v) is 12.1. The summed E-state index contributed by atoms with van der Waals surface area (Å²) in [6.45, 7) is 9.59. The summed E-state index contributed by atoms with van der Waals surface area (Å²) >= 11 is 0. The topological polar surface area (TPSA) is 96.0 Å². The van der Waals surface area contributed by atoms with E-state index in [4.69, 9.17) is 4.74 Å². The Kier molecular flexibility index (Phi) is 10.3.